The minimum Gasteiger partial charge on any atom is -0.361 e. The molecule has 0 spiro atoms. The highest BCUT2D eigenvalue weighted by Crippen LogP contribution is 2.19. The van der Waals surface area contributed by atoms with Crippen molar-refractivity contribution >= 4 is 41.7 Å². The van der Waals surface area contributed by atoms with Gasteiger partial charge in [-0.05, 0) is 40.8 Å². The Balaban J connectivity index is 1.98. The van der Waals surface area contributed by atoms with Crippen LogP contribution in [0.2, 0.25) is 25.7 Å². The maximum absolute atomic E-state index is 5.76. The molecule has 1 heterocycles. The summed E-state index contributed by atoms with van der Waals surface area (Å²) in [4.78, 5) is 4.43. The number of ether oxygens (including phenoxy) is 1. The molecule has 3 nitrogen and oxygen atoms in total. The fourth-order valence-electron chi connectivity index (χ4n) is 1.70. The van der Waals surface area contributed by atoms with Crippen LogP contribution in [0.4, 0.5) is 0 Å². The van der Waals surface area contributed by atoms with E-state index >= 15 is 0 Å². The summed E-state index contributed by atoms with van der Waals surface area (Å²) >= 11 is 2.32. The first-order chi connectivity index (χ1) is 8.47. The van der Waals surface area contributed by atoms with Gasteiger partial charge in [0.05, 0.1) is 11.8 Å². The first kappa shape index (κ1) is 14.0. The molecule has 0 aliphatic carbocycles. The minimum atomic E-state index is -0.993. The van der Waals surface area contributed by atoms with E-state index < -0.39 is 8.07 Å². The lowest BCUT2D eigenvalue weighted by Gasteiger charge is -2.15. The van der Waals surface area contributed by atoms with Crippen LogP contribution in [0, 0.1) is 3.57 Å². The maximum atomic E-state index is 5.76. The van der Waals surface area contributed by atoms with Crippen LogP contribution in [0.15, 0.2) is 24.5 Å². The largest absolute Gasteiger partial charge is 0.361 e. The molecule has 18 heavy (non-hydrogen) atoms. The molecule has 1 aromatic heterocycles. The molecule has 0 amide bonds. The van der Waals surface area contributed by atoms with Crippen molar-refractivity contribution in [1.29, 1.82) is 0 Å². The predicted octanol–water partition coefficient (Wildman–Crippen LogP) is 3.95. The lowest BCUT2D eigenvalue weighted by atomic mass is 10.3. The molecule has 0 aliphatic rings. The number of hydrogen-bond acceptors (Lipinski definition) is 2. The van der Waals surface area contributed by atoms with Crippen LogP contribution in [0.25, 0.3) is 11.0 Å². The molecule has 0 unspecified atom stereocenters. The van der Waals surface area contributed by atoms with Crippen molar-refractivity contribution in [3.63, 3.8) is 0 Å². The van der Waals surface area contributed by atoms with Gasteiger partial charge < -0.3 is 9.30 Å². The van der Waals surface area contributed by atoms with Crippen LogP contribution in [-0.4, -0.2) is 24.2 Å². The molecule has 1 aromatic carbocycles. The van der Waals surface area contributed by atoms with Gasteiger partial charge in [-0.3, -0.25) is 0 Å². The van der Waals surface area contributed by atoms with E-state index in [1.165, 1.54) is 9.61 Å². The number of para-hydroxylation sites is 1. The van der Waals surface area contributed by atoms with Gasteiger partial charge >= 0.3 is 0 Å². The van der Waals surface area contributed by atoms with E-state index in [2.05, 4.69) is 70.0 Å². The van der Waals surface area contributed by atoms with Crippen molar-refractivity contribution in [3.8, 4) is 0 Å². The summed E-state index contributed by atoms with van der Waals surface area (Å²) < 4.78 is 9.01. The fraction of sp³-hybridized carbons (Fsp3) is 0.462. The molecule has 0 bridgehead atoms. The molecule has 0 radical (unpaired) electrons. The molecular formula is C13H19IN2OSi. The Morgan fingerprint density at radius 1 is 1.33 bits per heavy atom. The standard InChI is InChI=1S/C13H19IN2OSi/c1-18(2,3)8-7-17-10-16-9-15-13-11(14)5-4-6-12(13)16/h4-6,9H,7-8,10H2,1-3H3. The molecule has 0 saturated heterocycles. The fourth-order valence-corrected chi connectivity index (χ4v) is 3.08. The Labute approximate surface area is 123 Å². The second-order valence-electron chi connectivity index (χ2n) is 5.67. The molecule has 0 aliphatic heterocycles. The summed E-state index contributed by atoms with van der Waals surface area (Å²) in [7, 11) is -0.993. The third-order valence-corrected chi connectivity index (χ3v) is 5.40. The molecule has 0 fully saturated rings. The smallest absolute Gasteiger partial charge is 0.124 e. The second kappa shape index (κ2) is 5.71. The predicted molar refractivity (Wildman–Crippen MR) is 86.6 cm³/mol. The molecule has 2 aromatic rings. The third-order valence-electron chi connectivity index (χ3n) is 2.83. The average molecular weight is 374 g/mol. The van der Waals surface area contributed by atoms with Crippen LogP contribution in [-0.2, 0) is 11.5 Å². The van der Waals surface area contributed by atoms with Crippen molar-refractivity contribution < 1.29 is 4.74 Å². The van der Waals surface area contributed by atoms with E-state index in [9.17, 15) is 0 Å². The van der Waals surface area contributed by atoms with Gasteiger partial charge in [0.15, 0.2) is 0 Å². The average Bonchev–Trinajstić information content (AvgIpc) is 2.68. The highest BCUT2D eigenvalue weighted by molar-refractivity contribution is 14.1. The Kier molecular flexibility index (Phi) is 4.44. The molecule has 5 heteroatoms. The normalized spacial score (nSPS) is 12.2. The Hall–Kier alpha value is -0.403. The molecular weight excluding hydrogens is 355 g/mol. The van der Waals surface area contributed by atoms with Crippen molar-refractivity contribution in [1.82, 2.24) is 9.55 Å². The van der Waals surface area contributed by atoms with Crippen molar-refractivity contribution in [2.75, 3.05) is 6.61 Å². The summed E-state index contributed by atoms with van der Waals surface area (Å²) in [5.41, 5.74) is 2.21. The quantitative estimate of drug-likeness (QED) is 0.450. The lowest BCUT2D eigenvalue weighted by molar-refractivity contribution is 0.0898. The first-order valence-electron chi connectivity index (χ1n) is 6.14. The molecule has 98 valence electrons. The summed E-state index contributed by atoms with van der Waals surface area (Å²) in [6.07, 6.45) is 1.86. The molecule has 0 atom stereocenters. The van der Waals surface area contributed by atoms with E-state index in [1.807, 2.05) is 6.33 Å². The number of benzene rings is 1. The van der Waals surface area contributed by atoms with Gasteiger partial charge in [-0.15, -0.1) is 0 Å². The van der Waals surface area contributed by atoms with Crippen molar-refractivity contribution in [2.24, 2.45) is 0 Å². The number of nitrogens with zero attached hydrogens (tertiary/aromatic N) is 2. The highest BCUT2D eigenvalue weighted by atomic mass is 127. The summed E-state index contributed by atoms with van der Waals surface area (Å²) in [6, 6.07) is 7.43. The van der Waals surface area contributed by atoms with E-state index in [1.54, 1.807) is 0 Å². The lowest BCUT2D eigenvalue weighted by Crippen LogP contribution is -2.21. The number of aromatic nitrogens is 2. The Morgan fingerprint density at radius 3 is 2.83 bits per heavy atom. The Morgan fingerprint density at radius 2 is 2.11 bits per heavy atom. The van der Waals surface area contributed by atoms with Gasteiger partial charge in [-0.2, -0.15) is 0 Å². The SMILES string of the molecule is C[Si](C)(C)CCOCn1cnc2c(I)cccc21. The number of halogens is 1. The van der Waals surface area contributed by atoms with Crippen LogP contribution >= 0.6 is 22.6 Å². The van der Waals surface area contributed by atoms with E-state index in [-0.39, 0.29) is 0 Å². The number of rotatable bonds is 5. The number of fused-ring (bicyclic) bond motifs is 1. The van der Waals surface area contributed by atoms with E-state index in [0.717, 1.165) is 17.6 Å². The van der Waals surface area contributed by atoms with Crippen molar-refractivity contribution in [3.05, 3.63) is 28.1 Å². The van der Waals surface area contributed by atoms with Gasteiger partial charge in [0, 0.05) is 18.3 Å². The molecule has 2 rings (SSSR count). The van der Waals surface area contributed by atoms with Gasteiger partial charge in [0.1, 0.15) is 12.2 Å². The van der Waals surface area contributed by atoms with Crippen LogP contribution in [0.3, 0.4) is 0 Å². The minimum absolute atomic E-state index is 0.598. The van der Waals surface area contributed by atoms with Gasteiger partial charge in [0.2, 0.25) is 0 Å². The summed E-state index contributed by atoms with van der Waals surface area (Å²) in [6.45, 7) is 8.54. The van der Waals surface area contributed by atoms with Gasteiger partial charge in [-0.1, -0.05) is 25.7 Å². The summed E-state index contributed by atoms with van der Waals surface area (Å²) in [5.74, 6) is 0. The number of imidazole rings is 1. The third kappa shape index (κ3) is 3.55. The highest BCUT2D eigenvalue weighted by Gasteiger charge is 2.12. The van der Waals surface area contributed by atoms with Gasteiger partial charge in [0.25, 0.3) is 0 Å². The topological polar surface area (TPSA) is 27.1 Å². The van der Waals surface area contributed by atoms with Crippen molar-refractivity contribution in [2.45, 2.75) is 32.4 Å². The summed E-state index contributed by atoms with van der Waals surface area (Å²) in [5, 5.41) is 0. The second-order valence-corrected chi connectivity index (χ2v) is 12.5. The van der Waals surface area contributed by atoms with Crippen LogP contribution in [0.5, 0.6) is 0 Å². The first-order valence-corrected chi connectivity index (χ1v) is 10.9. The van der Waals surface area contributed by atoms with Gasteiger partial charge in [-0.25, -0.2) is 4.98 Å². The molecule has 0 N–H and O–H groups in total. The van der Waals surface area contributed by atoms with Crippen LogP contribution in [0.1, 0.15) is 0 Å². The van der Waals surface area contributed by atoms with E-state index in [4.69, 9.17) is 4.74 Å². The number of hydrogen-bond donors (Lipinski definition) is 0. The zero-order valence-corrected chi connectivity index (χ0v) is 14.3. The van der Waals surface area contributed by atoms with Crippen LogP contribution < -0.4 is 0 Å². The van der Waals surface area contributed by atoms with E-state index in [0.29, 0.717) is 6.73 Å². The Bertz CT molecular complexity index is 533. The maximum Gasteiger partial charge on any atom is 0.124 e. The monoisotopic (exact) mass is 374 g/mol. The zero-order chi connectivity index (χ0) is 13.2. The zero-order valence-electron chi connectivity index (χ0n) is 11.1. The molecule has 0 saturated carbocycles.